The van der Waals surface area contributed by atoms with Gasteiger partial charge in [0.25, 0.3) is 0 Å². The number of benzene rings is 2. The van der Waals surface area contributed by atoms with Gasteiger partial charge < -0.3 is 14.7 Å². The molecule has 0 bridgehead atoms. The zero-order chi connectivity index (χ0) is 20.1. The molecule has 0 spiro atoms. The summed E-state index contributed by atoms with van der Waals surface area (Å²) in [4.78, 5) is 30.7. The van der Waals surface area contributed by atoms with Crippen LogP contribution in [0.15, 0.2) is 54.6 Å². The van der Waals surface area contributed by atoms with Gasteiger partial charge in [-0.05, 0) is 35.7 Å². The van der Waals surface area contributed by atoms with Crippen LogP contribution in [0.3, 0.4) is 0 Å². The fraction of sp³-hybridized carbons (Fsp3) is 0.391. The molecule has 0 saturated carbocycles. The van der Waals surface area contributed by atoms with Gasteiger partial charge in [-0.15, -0.1) is 0 Å². The van der Waals surface area contributed by atoms with E-state index in [1.165, 1.54) is 18.2 Å². The molecule has 5 heteroatoms. The zero-order valence-corrected chi connectivity index (χ0v) is 17.0. The van der Waals surface area contributed by atoms with Crippen molar-refractivity contribution in [2.24, 2.45) is 0 Å². The molecule has 0 aliphatic carbocycles. The summed E-state index contributed by atoms with van der Waals surface area (Å²) in [5, 5.41) is 0. The van der Waals surface area contributed by atoms with Gasteiger partial charge in [0.15, 0.2) is 0 Å². The molecule has 1 saturated heterocycles. The Hall–Kier alpha value is -2.82. The molecule has 0 N–H and O–H groups in total. The van der Waals surface area contributed by atoms with Crippen molar-refractivity contribution in [1.82, 2.24) is 4.90 Å². The molecule has 0 aromatic heterocycles. The van der Waals surface area contributed by atoms with Crippen LogP contribution in [-0.2, 0) is 9.59 Å². The van der Waals surface area contributed by atoms with E-state index in [1.54, 1.807) is 4.90 Å². The fourth-order valence-electron chi connectivity index (χ4n) is 3.51. The Balaban J connectivity index is 1.61. The number of rotatable bonds is 5. The highest BCUT2D eigenvalue weighted by Crippen LogP contribution is 2.21. The molecule has 1 aliphatic heterocycles. The molecule has 3 rings (SSSR count). The van der Waals surface area contributed by atoms with Crippen LogP contribution >= 0.6 is 0 Å². The molecule has 1 heterocycles. The first-order chi connectivity index (χ1) is 13.5. The zero-order valence-electron chi connectivity index (χ0n) is 17.0. The number of para-hydroxylation sites is 1. The molecule has 1 fully saturated rings. The highest BCUT2D eigenvalue weighted by Gasteiger charge is 2.24. The molecule has 28 heavy (non-hydrogen) atoms. The van der Waals surface area contributed by atoms with Gasteiger partial charge in [-0.25, -0.2) is 0 Å². The Labute approximate surface area is 167 Å². The average Bonchev–Trinajstić information content (AvgIpc) is 2.72. The van der Waals surface area contributed by atoms with Crippen molar-refractivity contribution < 1.29 is 9.59 Å². The van der Waals surface area contributed by atoms with Crippen molar-refractivity contribution in [2.75, 3.05) is 42.5 Å². The molecule has 2 amide bonds. The van der Waals surface area contributed by atoms with E-state index in [2.05, 4.69) is 30.9 Å². The highest BCUT2D eigenvalue weighted by molar-refractivity contribution is 5.97. The van der Waals surface area contributed by atoms with E-state index < -0.39 is 0 Å². The van der Waals surface area contributed by atoms with Crippen LogP contribution in [0.5, 0.6) is 0 Å². The van der Waals surface area contributed by atoms with E-state index in [0.717, 1.165) is 18.8 Å². The predicted octanol–water partition coefficient (Wildman–Crippen LogP) is 3.51. The molecule has 5 nitrogen and oxygen atoms in total. The number of carbonyl (C=O) groups excluding carboxylic acids is 2. The second kappa shape index (κ2) is 8.91. The Morgan fingerprint density at radius 3 is 2.07 bits per heavy atom. The molecule has 1 aliphatic rings. The Morgan fingerprint density at radius 1 is 0.929 bits per heavy atom. The molecule has 0 unspecified atom stereocenters. The molecule has 2 aromatic carbocycles. The minimum absolute atomic E-state index is 0.00384. The van der Waals surface area contributed by atoms with Crippen molar-refractivity contribution in [3.8, 4) is 0 Å². The monoisotopic (exact) mass is 379 g/mol. The van der Waals surface area contributed by atoms with Crippen LogP contribution in [0.4, 0.5) is 11.4 Å². The number of amides is 2. The summed E-state index contributed by atoms with van der Waals surface area (Å²) in [7, 11) is 0. The maximum absolute atomic E-state index is 12.8. The number of hydrogen-bond acceptors (Lipinski definition) is 3. The molecule has 148 valence electrons. The number of hydrogen-bond donors (Lipinski definition) is 0. The van der Waals surface area contributed by atoms with Crippen LogP contribution < -0.4 is 9.80 Å². The topological polar surface area (TPSA) is 43.9 Å². The summed E-state index contributed by atoms with van der Waals surface area (Å²) in [6.45, 7) is 8.82. The van der Waals surface area contributed by atoms with Crippen LogP contribution in [0.1, 0.15) is 32.3 Å². The summed E-state index contributed by atoms with van der Waals surface area (Å²) >= 11 is 0. The molecular formula is C23H29N3O2. The van der Waals surface area contributed by atoms with Gasteiger partial charge in [-0.2, -0.15) is 0 Å². The number of anilines is 2. The molecule has 0 atom stereocenters. The summed E-state index contributed by atoms with van der Waals surface area (Å²) in [5.74, 6) is 0.312. The smallest absolute Gasteiger partial charge is 0.242 e. The number of carbonyl (C=O) groups is 2. The fourth-order valence-corrected chi connectivity index (χ4v) is 3.51. The first-order valence-corrected chi connectivity index (χ1v) is 9.91. The summed E-state index contributed by atoms with van der Waals surface area (Å²) in [6, 6.07) is 18.2. The molecular weight excluding hydrogens is 350 g/mol. The van der Waals surface area contributed by atoms with E-state index in [4.69, 9.17) is 0 Å². The number of nitrogens with zero attached hydrogens (tertiary/aromatic N) is 3. The SMILES string of the molecule is CC(=O)N(CC(=O)N1CCN(c2ccccc2)CC1)c1ccc(C(C)C)cc1. The quantitative estimate of drug-likeness (QED) is 0.798. The van der Waals surface area contributed by atoms with Gasteiger partial charge in [0.2, 0.25) is 11.8 Å². The standard InChI is InChI=1S/C23H29N3O2/c1-18(2)20-9-11-22(12-10-20)26(19(3)27)17-23(28)25-15-13-24(14-16-25)21-7-5-4-6-8-21/h4-12,18H,13-17H2,1-3H3. The second-order valence-electron chi connectivity index (χ2n) is 7.55. The lowest BCUT2D eigenvalue weighted by Gasteiger charge is -2.37. The minimum Gasteiger partial charge on any atom is -0.368 e. The minimum atomic E-state index is -0.117. The van der Waals surface area contributed by atoms with E-state index in [0.29, 0.717) is 19.0 Å². The van der Waals surface area contributed by atoms with Crippen LogP contribution in [0, 0.1) is 0 Å². The van der Waals surface area contributed by atoms with E-state index >= 15 is 0 Å². The number of piperazine rings is 1. The van der Waals surface area contributed by atoms with E-state index in [-0.39, 0.29) is 18.4 Å². The largest absolute Gasteiger partial charge is 0.368 e. The Kier molecular flexibility index (Phi) is 6.34. The highest BCUT2D eigenvalue weighted by atomic mass is 16.2. The van der Waals surface area contributed by atoms with Crippen LogP contribution in [-0.4, -0.2) is 49.4 Å². The Morgan fingerprint density at radius 2 is 1.54 bits per heavy atom. The van der Waals surface area contributed by atoms with Gasteiger partial charge in [0.1, 0.15) is 6.54 Å². The third-order valence-electron chi connectivity index (χ3n) is 5.30. The molecule has 0 radical (unpaired) electrons. The third-order valence-corrected chi connectivity index (χ3v) is 5.30. The van der Waals surface area contributed by atoms with Crippen LogP contribution in [0.2, 0.25) is 0 Å². The van der Waals surface area contributed by atoms with Gasteiger partial charge in [0, 0.05) is 44.5 Å². The van der Waals surface area contributed by atoms with E-state index in [9.17, 15) is 9.59 Å². The van der Waals surface area contributed by atoms with Crippen molar-refractivity contribution in [2.45, 2.75) is 26.7 Å². The Bertz CT molecular complexity index is 794. The lowest BCUT2D eigenvalue weighted by atomic mass is 10.0. The van der Waals surface area contributed by atoms with Crippen molar-refractivity contribution >= 4 is 23.2 Å². The lowest BCUT2D eigenvalue weighted by Crippen LogP contribution is -2.51. The van der Waals surface area contributed by atoms with Gasteiger partial charge in [0.05, 0.1) is 0 Å². The normalized spacial score (nSPS) is 14.3. The van der Waals surface area contributed by atoms with Gasteiger partial charge in [-0.1, -0.05) is 44.2 Å². The van der Waals surface area contributed by atoms with Crippen molar-refractivity contribution in [3.05, 3.63) is 60.2 Å². The predicted molar refractivity (Wildman–Crippen MR) is 114 cm³/mol. The summed E-state index contributed by atoms with van der Waals surface area (Å²) in [5.41, 5.74) is 3.17. The molecule has 2 aromatic rings. The van der Waals surface area contributed by atoms with Crippen LogP contribution in [0.25, 0.3) is 0 Å². The first-order valence-electron chi connectivity index (χ1n) is 9.91. The first kappa shape index (κ1) is 19.9. The maximum atomic E-state index is 12.8. The van der Waals surface area contributed by atoms with E-state index in [1.807, 2.05) is 47.4 Å². The third kappa shape index (κ3) is 4.71. The summed E-state index contributed by atoms with van der Waals surface area (Å²) in [6.07, 6.45) is 0. The van der Waals surface area contributed by atoms with Gasteiger partial charge in [-0.3, -0.25) is 9.59 Å². The second-order valence-corrected chi connectivity index (χ2v) is 7.55. The average molecular weight is 380 g/mol. The lowest BCUT2D eigenvalue weighted by molar-refractivity contribution is -0.131. The maximum Gasteiger partial charge on any atom is 0.242 e. The van der Waals surface area contributed by atoms with Crippen molar-refractivity contribution in [1.29, 1.82) is 0 Å². The summed E-state index contributed by atoms with van der Waals surface area (Å²) < 4.78 is 0. The van der Waals surface area contributed by atoms with Gasteiger partial charge >= 0.3 is 0 Å². The van der Waals surface area contributed by atoms with Crippen molar-refractivity contribution in [3.63, 3.8) is 0 Å².